The number of thiophene rings is 1. The molecule has 1 aromatic heterocycles. The van der Waals surface area contributed by atoms with E-state index in [1.807, 2.05) is 66.0 Å². The van der Waals surface area contributed by atoms with E-state index in [2.05, 4.69) is 21.3 Å². The molecule has 2 heterocycles. The van der Waals surface area contributed by atoms with Crippen LogP contribution in [-0.4, -0.2) is 108 Å². The molecule has 51 heavy (non-hydrogen) atoms. The third-order valence-electron chi connectivity index (χ3n) is 8.91. The minimum absolute atomic E-state index is 0.00424. The average Bonchev–Trinajstić information content (AvgIpc) is 3.70. The summed E-state index contributed by atoms with van der Waals surface area (Å²) in [7, 11) is 3.31. The van der Waals surface area contributed by atoms with E-state index in [0.29, 0.717) is 0 Å². The summed E-state index contributed by atoms with van der Waals surface area (Å²) in [5.41, 5.74) is -1.07. The van der Waals surface area contributed by atoms with Gasteiger partial charge in [-0.2, -0.15) is 0 Å². The summed E-state index contributed by atoms with van der Waals surface area (Å²) in [6.07, 6.45) is 3.43. The van der Waals surface area contributed by atoms with Gasteiger partial charge in [0.2, 0.25) is 23.6 Å². The molecule has 5 N–H and O–H groups in total. The van der Waals surface area contributed by atoms with Crippen LogP contribution in [0.5, 0.6) is 0 Å². The van der Waals surface area contributed by atoms with Gasteiger partial charge in [0.25, 0.3) is 11.8 Å². The summed E-state index contributed by atoms with van der Waals surface area (Å²) in [6.45, 7) is 14.8. The van der Waals surface area contributed by atoms with E-state index in [4.69, 9.17) is 0 Å². The Hall–Kier alpha value is -4.37. The Morgan fingerprint density at radius 1 is 1.00 bits per heavy atom. The van der Waals surface area contributed by atoms with Gasteiger partial charge in [-0.3, -0.25) is 33.7 Å². The lowest BCUT2D eigenvalue weighted by Gasteiger charge is -2.39. The molecule has 0 fully saturated rings. The minimum atomic E-state index is -1.38. The number of nitrogens with zero attached hydrogens (tertiary/aromatic N) is 2. The number of aliphatic carboxylic acids is 1. The normalized spacial score (nSPS) is 16.1. The first-order valence-corrected chi connectivity index (χ1v) is 17.8. The molecule has 4 atom stereocenters. The van der Waals surface area contributed by atoms with E-state index in [0.717, 1.165) is 21.9 Å². The summed E-state index contributed by atoms with van der Waals surface area (Å²) in [5.74, 6) is -4.32. The number of likely N-dealkylation sites (N-methyl/N-ethyl adjacent to an activating group) is 2. The Bertz CT molecular complexity index is 1490. The molecule has 0 aliphatic carbocycles. The molecule has 1 aromatic rings. The number of carboxylic acid groups (broad SMARTS) is 1. The summed E-state index contributed by atoms with van der Waals surface area (Å²) in [4.78, 5) is 92.1. The summed E-state index contributed by atoms with van der Waals surface area (Å²) < 4.78 is 0. The van der Waals surface area contributed by atoms with Gasteiger partial charge in [-0.25, -0.2) is 4.79 Å². The van der Waals surface area contributed by atoms with E-state index >= 15 is 0 Å². The Kier molecular flexibility index (Phi) is 15.3. The van der Waals surface area contributed by atoms with Crippen LogP contribution in [0.25, 0.3) is 0 Å². The van der Waals surface area contributed by atoms with E-state index in [9.17, 15) is 38.7 Å². The van der Waals surface area contributed by atoms with Crippen molar-refractivity contribution in [2.75, 3.05) is 27.2 Å². The molecule has 15 heteroatoms. The van der Waals surface area contributed by atoms with Crippen molar-refractivity contribution < 1.29 is 38.7 Å². The van der Waals surface area contributed by atoms with Crippen LogP contribution in [-0.2, 0) is 39.0 Å². The maximum absolute atomic E-state index is 14.1. The number of nitrogens with one attached hydrogen (secondary N) is 4. The maximum atomic E-state index is 14.1. The number of carboxylic acids is 1. The molecule has 2 rings (SSSR count). The summed E-state index contributed by atoms with van der Waals surface area (Å²) in [5, 5.41) is 22.8. The molecule has 1 unspecified atom stereocenters. The highest BCUT2D eigenvalue weighted by Gasteiger charge is 2.42. The molecule has 0 saturated carbocycles. The Labute approximate surface area is 304 Å². The van der Waals surface area contributed by atoms with E-state index < -0.39 is 64.6 Å². The van der Waals surface area contributed by atoms with Gasteiger partial charge in [0.05, 0.1) is 12.1 Å². The molecule has 0 radical (unpaired) electrons. The smallest absolute Gasteiger partial charge is 0.326 e. The molecular formula is C36H54N6O8S. The number of carbonyl (C=O) groups excluding carboxylic acids is 6. The zero-order chi connectivity index (χ0) is 38.8. The van der Waals surface area contributed by atoms with E-state index in [-0.39, 0.29) is 49.2 Å². The van der Waals surface area contributed by atoms with Crippen molar-refractivity contribution in [3.8, 4) is 0 Å². The van der Waals surface area contributed by atoms with Crippen LogP contribution in [0.1, 0.15) is 73.1 Å². The molecular weight excluding hydrogens is 676 g/mol. The van der Waals surface area contributed by atoms with Crippen LogP contribution in [0.4, 0.5) is 0 Å². The molecule has 0 saturated heterocycles. The Balaban J connectivity index is 2.12. The molecule has 1 aliphatic heterocycles. The van der Waals surface area contributed by atoms with Crippen molar-refractivity contribution in [1.29, 1.82) is 0 Å². The fourth-order valence-electron chi connectivity index (χ4n) is 5.77. The molecule has 1 aliphatic rings. The van der Waals surface area contributed by atoms with Crippen molar-refractivity contribution in [3.63, 3.8) is 0 Å². The SMILES string of the molecule is CN[C@H](C(=O)NC(C(=O)N(C)[C@H](/C=C(\C)C(=O)N[C@H](CCC(=O)NCCN1C(=O)C=CC1=O)C(=O)O)C(C)C)C(C)(C)C)C(C)(C)c1cccs1. The lowest BCUT2D eigenvalue weighted by atomic mass is 9.80. The molecule has 0 aromatic carbocycles. The van der Waals surface area contributed by atoms with Gasteiger partial charge in [-0.1, -0.05) is 60.6 Å². The third kappa shape index (κ3) is 11.6. The van der Waals surface area contributed by atoms with Gasteiger partial charge < -0.3 is 31.3 Å². The van der Waals surface area contributed by atoms with Crippen LogP contribution in [0, 0.1) is 11.3 Å². The molecule has 14 nitrogen and oxygen atoms in total. The first-order valence-electron chi connectivity index (χ1n) is 16.9. The van der Waals surface area contributed by atoms with E-state index in [1.54, 1.807) is 31.5 Å². The second-order valence-electron chi connectivity index (χ2n) is 14.7. The maximum Gasteiger partial charge on any atom is 0.326 e. The van der Waals surface area contributed by atoms with Crippen molar-refractivity contribution in [3.05, 3.63) is 46.2 Å². The van der Waals surface area contributed by atoms with Gasteiger partial charge >= 0.3 is 5.97 Å². The predicted molar refractivity (Wildman–Crippen MR) is 194 cm³/mol. The zero-order valence-corrected chi connectivity index (χ0v) is 32.1. The van der Waals surface area contributed by atoms with Crippen LogP contribution in [0.15, 0.2) is 41.3 Å². The van der Waals surface area contributed by atoms with Crippen molar-refractivity contribution >= 4 is 52.7 Å². The fourth-order valence-corrected chi connectivity index (χ4v) is 6.65. The molecule has 0 spiro atoms. The summed E-state index contributed by atoms with van der Waals surface area (Å²) in [6, 6.07) is 0.381. The first kappa shape index (κ1) is 42.8. The number of carbonyl (C=O) groups is 7. The number of hydrogen-bond acceptors (Lipinski definition) is 9. The van der Waals surface area contributed by atoms with Crippen LogP contribution < -0.4 is 21.3 Å². The zero-order valence-electron chi connectivity index (χ0n) is 31.3. The number of imide groups is 1. The van der Waals surface area contributed by atoms with Crippen LogP contribution >= 0.6 is 11.3 Å². The Morgan fingerprint density at radius 2 is 1.61 bits per heavy atom. The first-order chi connectivity index (χ1) is 23.6. The largest absolute Gasteiger partial charge is 0.480 e. The van der Waals surface area contributed by atoms with Crippen molar-refractivity contribution in [2.24, 2.45) is 11.3 Å². The summed E-state index contributed by atoms with van der Waals surface area (Å²) >= 11 is 1.55. The number of amides is 6. The standard InChI is InChI=1S/C36H54N6O8S/c1-21(2)24(41(10)33(48)30(35(4,5)6)40-32(47)29(37-9)36(7,8)25-12-11-19-51-25)20-22(3)31(46)39-23(34(49)50)13-14-26(43)38-17-18-42-27(44)15-16-28(42)45/h11-12,15-16,19-21,23-24,29-30,37H,13-14,17-18H2,1-10H3,(H,38,43)(H,39,46)(H,40,47)(H,49,50)/b22-20+/t23-,24-,29-,30?/m1/s1. The lowest BCUT2D eigenvalue weighted by Crippen LogP contribution is -2.61. The quantitative estimate of drug-likeness (QED) is 0.111. The minimum Gasteiger partial charge on any atom is -0.480 e. The highest BCUT2D eigenvalue weighted by Crippen LogP contribution is 2.32. The average molecular weight is 731 g/mol. The Morgan fingerprint density at radius 3 is 2.10 bits per heavy atom. The van der Waals surface area contributed by atoms with Crippen molar-refractivity contribution in [1.82, 2.24) is 31.1 Å². The van der Waals surface area contributed by atoms with Crippen molar-refractivity contribution in [2.45, 2.75) is 97.8 Å². The monoisotopic (exact) mass is 730 g/mol. The molecule has 282 valence electrons. The highest BCUT2D eigenvalue weighted by molar-refractivity contribution is 7.10. The topological polar surface area (TPSA) is 194 Å². The van der Waals surface area contributed by atoms with Crippen LogP contribution in [0.2, 0.25) is 0 Å². The van der Waals surface area contributed by atoms with Gasteiger partial charge in [-0.15, -0.1) is 11.3 Å². The molecule has 6 amide bonds. The molecule has 0 bridgehead atoms. The van der Waals surface area contributed by atoms with Gasteiger partial charge in [0, 0.05) is 54.6 Å². The fraction of sp³-hybridized carbons (Fsp3) is 0.583. The number of hydrogen-bond donors (Lipinski definition) is 5. The third-order valence-corrected chi connectivity index (χ3v) is 10.1. The number of rotatable bonds is 18. The van der Waals surface area contributed by atoms with Crippen LogP contribution in [0.3, 0.4) is 0 Å². The van der Waals surface area contributed by atoms with Gasteiger partial charge in [-0.05, 0) is 43.2 Å². The highest BCUT2D eigenvalue weighted by atomic mass is 32.1. The van der Waals surface area contributed by atoms with E-state index in [1.165, 1.54) is 11.8 Å². The lowest BCUT2D eigenvalue weighted by molar-refractivity contribution is -0.142. The predicted octanol–water partition coefficient (Wildman–Crippen LogP) is 1.96. The second kappa shape index (κ2) is 18.2. The second-order valence-corrected chi connectivity index (χ2v) is 15.6. The van der Waals surface area contributed by atoms with Gasteiger partial charge in [0.1, 0.15) is 12.1 Å². The van der Waals surface area contributed by atoms with Gasteiger partial charge in [0.15, 0.2) is 0 Å².